The molecule has 0 heterocycles. The number of halogens is 20. The van der Waals surface area contributed by atoms with Crippen molar-refractivity contribution < 1.29 is 97.3 Å². The molecule has 0 radical (unpaired) electrons. The highest BCUT2D eigenvalue weighted by Gasteiger charge is 2.52. The third-order valence-corrected chi connectivity index (χ3v) is 10.9. The smallest absolute Gasteiger partial charge is 0.308 e. The molecule has 2 nitrogen and oxygen atoms in total. The normalized spacial score (nSPS) is 11.5. The third-order valence-electron chi connectivity index (χ3n) is 9.70. The summed E-state index contributed by atoms with van der Waals surface area (Å²) in [6.07, 6.45) is -7.22. The van der Waals surface area contributed by atoms with Crippen molar-refractivity contribution in [3.05, 3.63) is 182 Å². The Bertz CT molecular complexity index is 2500. The quantitative estimate of drug-likeness (QED) is 0.0211. The molecular formula is C41H19BF20O2S. The summed E-state index contributed by atoms with van der Waals surface area (Å²) in [6, 6.07) is 16.3. The summed E-state index contributed by atoms with van der Waals surface area (Å²) in [4.78, 5) is 10.9. The van der Waals surface area contributed by atoms with E-state index < -0.39 is 144 Å². The fourth-order valence-electron chi connectivity index (χ4n) is 6.84. The number of aryl methyl sites for hydroxylation is 1. The first kappa shape index (κ1) is 49.8. The van der Waals surface area contributed by atoms with E-state index in [1.807, 2.05) is 24.3 Å². The van der Waals surface area contributed by atoms with Crippen molar-refractivity contribution in [3.63, 3.8) is 0 Å². The molecule has 6 rings (SSSR count). The molecule has 0 bridgehead atoms. The van der Waals surface area contributed by atoms with E-state index in [0.717, 1.165) is 11.5 Å². The van der Waals surface area contributed by atoms with Crippen molar-refractivity contribution in [1.29, 1.82) is 0 Å². The predicted octanol–water partition coefficient (Wildman–Crippen LogP) is 9.28. The molecule has 0 unspecified atom stereocenters. The van der Waals surface area contributed by atoms with Crippen LogP contribution >= 0.6 is 0 Å². The van der Waals surface area contributed by atoms with E-state index in [1.165, 1.54) is 35.4 Å². The molecule has 0 saturated heterocycles. The molecular weight excluding hydrogens is 947 g/mol. The molecule has 0 N–H and O–H groups in total. The minimum atomic E-state index is -7.22. The lowest BCUT2D eigenvalue weighted by Gasteiger charge is -2.44. The number of ether oxygens (including phenoxy) is 1. The lowest BCUT2D eigenvalue weighted by Crippen LogP contribution is -2.81. The van der Waals surface area contributed by atoms with Crippen LogP contribution in [0.15, 0.2) is 48.5 Å². The SMILES string of the molecule is CC(=O)Oc1ccc(C[SH+]Cc2ccccc2)c(C)c1.Fc1c(F)c(F)c([B-](c2c(F)c(F)c(F)c(F)c2F)(c2c(F)c(F)c(F)c(F)c2F)c2c(F)c(F)c(F)c(F)c2F)c(F)c1F. The molecule has 0 fully saturated rings. The van der Waals surface area contributed by atoms with Crippen molar-refractivity contribution in [2.75, 3.05) is 0 Å². The van der Waals surface area contributed by atoms with Gasteiger partial charge in [-0.25, -0.2) is 87.8 Å². The van der Waals surface area contributed by atoms with E-state index in [1.54, 1.807) is 0 Å². The fraction of sp³-hybridized carbons (Fsp3) is 0.0976. The number of rotatable bonds is 9. The Kier molecular flexibility index (Phi) is 14.6. The van der Waals surface area contributed by atoms with E-state index in [0.29, 0.717) is 5.75 Å². The van der Waals surface area contributed by atoms with Gasteiger partial charge in [0.05, 0.1) is 0 Å². The van der Waals surface area contributed by atoms with Gasteiger partial charge in [0.2, 0.25) is 0 Å². The number of hydrogen-bond acceptors (Lipinski definition) is 2. The topological polar surface area (TPSA) is 26.3 Å². The number of carbonyl (C=O) groups excluding carboxylic acids is 1. The summed E-state index contributed by atoms with van der Waals surface area (Å²) in [5.41, 5.74) is -10.5. The van der Waals surface area contributed by atoms with E-state index in [2.05, 4.69) is 31.2 Å². The van der Waals surface area contributed by atoms with Crippen LogP contribution in [0.2, 0.25) is 0 Å². The van der Waals surface area contributed by atoms with E-state index in [9.17, 15) is 57.5 Å². The number of carbonyl (C=O) groups is 1. The maximum absolute atomic E-state index is 15.4. The van der Waals surface area contributed by atoms with Crippen LogP contribution in [0.25, 0.3) is 0 Å². The molecule has 344 valence electrons. The molecule has 6 aromatic carbocycles. The maximum Gasteiger partial charge on any atom is 0.308 e. The monoisotopic (exact) mass is 966 g/mol. The molecule has 65 heavy (non-hydrogen) atoms. The van der Waals surface area contributed by atoms with Gasteiger partial charge in [0.25, 0.3) is 0 Å². The van der Waals surface area contributed by atoms with Gasteiger partial charge < -0.3 is 4.74 Å². The fourth-order valence-corrected chi connectivity index (χ4v) is 8.01. The van der Waals surface area contributed by atoms with Crippen LogP contribution in [0.1, 0.15) is 23.6 Å². The van der Waals surface area contributed by atoms with Gasteiger partial charge in [-0.2, -0.15) is 0 Å². The highest BCUT2D eigenvalue weighted by molar-refractivity contribution is 7.76. The summed E-state index contributed by atoms with van der Waals surface area (Å²) < 4.78 is 299. The van der Waals surface area contributed by atoms with Gasteiger partial charge in [0.1, 0.15) is 69.9 Å². The summed E-state index contributed by atoms with van der Waals surface area (Å²) in [5, 5.41) is 0. The Labute approximate surface area is 355 Å². The van der Waals surface area contributed by atoms with Crippen LogP contribution in [0.5, 0.6) is 5.75 Å². The molecule has 24 heteroatoms. The highest BCUT2D eigenvalue weighted by Crippen LogP contribution is 2.31. The Balaban J connectivity index is 0.000000330. The standard InChI is InChI=1S/C24BF20.C17H18O2S/c26-5-1(6(27)14(35)21(42)13(5)34)25(2-7(28)15(36)22(43)16(37)8(2)29,3-9(30)17(38)23(44)18(39)10(3)31)4-11(32)19(40)24(45)20(41)12(4)33;1-13-10-17(19-14(2)18)9-8-16(13)12-20-11-15-6-4-3-5-7-15/h;3-10H,11-12H2,1-2H3/q-1;/p+1. The largest absolute Gasteiger partial charge is 0.427 e. The van der Waals surface area contributed by atoms with E-state index >= 15 is 35.1 Å². The molecule has 6 aromatic rings. The average Bonchev–Trinajstić information content (AvgIpc) is 3.27. The van der Waals surface area contributed by atoms with Crippen molar-refractivity contribution in [3.8, 4) is 5.75 Å². The molecule has 0 atom stereocenters. The lowest BCUT2D eigenvalue weighted by molar-refractivity contribution is -0.131. The first-order valence-corrected chi connectivity index (χ1v) is 18.8. The summed E-state index contributed by atoms with van der Waals surface area (Å²) >= 11 is 1.38. The molecule has 0 spiro atoms. The number of esters is 1. The van der Waals surface area contributed by atoms with Crippen molar-refractivity contribution in [2.24, 2.45) is 0 Å². The minimum Gasteiger partial charge on any atom is -0.427 e. The third kappa shape index (κ3) is 8.59. The summed E-state index contributed by atoms with van der Waals surface area (Å²) in [7, 11) is 0. The molecule has 0 aromatic heterocycles. The second-order valence-electron chi connectivity index (χ2n) is 13.5. The van der Waals surface area contributed by atoms with Crippen LogP contribution in [0.4, 0.5) is 87.8 Å². The zero-order valence-corrected chi connectivity index (χ0v) is 32.8. The molecule has 0 saturated carbocycles. The van der Waals surface area contributed by atoms with Crippen molar-refractivity contribution in [1.82, 2.24) is 0 Å². The highest BCUT2D eigenvalue weighted by atomic mass is 32.2. The molecule has 0 aliphatic rings. The van der Waals surface area contributed by atoms with Crippen LogP contribution in [0.3, 0.4) is 0 Å². The minimum absolute atomic E-state index is 0.278. The second kappa shape index (κ2) is 19.1. The van der Waals surface area contributed by atoms with Crippen LogP contribution < -0.4 is 26.6 Å². The van der Waals surface area contributed by atoms with Gasteiger partial charge in [-0.15, -0.1) is 21.9 Å². The molecule has 0 aliphatic heterocycles. The van der Waals surface area contributed by atoms with Gasteiger partial charge in [-0.05, 0) is 36.4 Å². The lowest BCUT2D eigenvalue weighted by atomic mass is 9.12. The first-order chi connectivity index (χ1) is 30.3. The zero-order chi connectivity index (χ0) is 48.7. The Morgan fingerprint density at radius 2 is 0.723 bits per heavy atom. The Morgan fingerprint density at radius 3 is 1.00 bits per heavy atom. The number of thiol groups is 1. The summed E-state index contributed by atoms with van der Waals surface area (Å²) in [5.74, 6) is -69.0. The second-order valence-corrected chi connectivity index (χ2v) is 14.6. The van der Waals surface area contributed by atoms with Crippen LogP contribution in [0, 0.1) is 123 Å². The Morgan fingerprint density at radius 1 is 0.431 bits per heavy atom. The van der Waals surface area contributed by atoms with Gasteiger partial charge >= 0.3 is 5.97 Å². The maximum atomic E-state index is 15.4. The van der Waals surface area contributed by atoms with Gasteiger partial charge in [-0.3, -0.25) is 4.79 Å². The Hall–Kier alpha value is -6.20. The van der Waals surface area contributed by atoms with Gasteiger partial charge in [0.15, 0.2) is 69.8 Å². The number of benzene rings is 6. The van der Waals surface area contributed by atoms with E-state index in [4.69, 9.17) is 4.74 Å². The van der Waals surface area contributed by atoms with E-state index in [-0.39, 0.29) is 5.97 Å². The molecule has 0 aliphatic carbocycles. The molecule has 0 amide bonds. The van der Waals surface area contributed by atoms with Gasteiger partial charge in [-0.1, -0.05) is 36.4 Å². The first-order valence-electron chi connectivity index (χ1n) is 17.5. The summed E-state index contributed by atoms with van der Waals surface area (Å²) in [6.45, 7) is 3.47. The predicted molar refractivity (Wildman–Crippen MR) is 194 cm³/mol. The van der Waals surface area contributed by atoms with Crippen molar-refractivity contribution >= 4 is 45.7 Å². The zero-order valence-electron chi connectivity index (χ0n) is 31.9. The average molecular weight is 966 g/mol. The van der Waals surface area contributed by atoms with Gasteiger partial charge in [0, 0.05) is 18.1 Å². The van der Waals surface area contributed by atoms with Crippen LogP contribution in [-0.2, 0) is 28.1 Å². The van der Waals surface area contributed by atoms with Crippen molar-refractivity contribution in [2.45, 2.75) is 25.4 Å². The number of hydrogen-bond donors (Lipinski definition) is 0. The van der Waals surface area contributed by atoms with Crippen LogP contribution in [-0.4, -0.2) is 12.1 Å².